The number of nitrogens with one attached hydrogen (secondary N) is 1. The summed E-state index contributed by atoms with van der Waals surface area (Å²) in [5.41, 5.74) is 6.08. The molecule has 2 saturated heterocycles. The molecule has 2 aliphatic heterocycles. The summed E-state index contributed by atoms with van der Waals surface area (Å²) in [5.74, 6) is 0.945. The summed E-state index contributed by atoms with van der Waals surface area (Å²) in [6.07, 6.45) is 8.09. The highest BCUT2D eigenvalue weighted by atomic mass is 16.2. The van der Waals surface area contributed by atoms with Crippen LogP contribution in [0.1, 0.15) is 65.7 Å². The van der Waals surface area contributed by atoms with Crippen molar-refractivity contribution < 1.29 is 4.79 Å². The average molecular weight is 295 g/mol. The van der Waals surface area contributed by atoms with E-state index in [1.807, 2.05) is 0 Å². The van der Waals surface area contributed by atoms with Crippen molar-refractivity contribution in [1.82, 2.24) is 10.2 Å². The molecule has 3 N–H and O–H groups in total. The molecule has 2 fully saturated rings. The van der Waals surface area contributed by atoms with Gasteiger partial charge in [-0.3, -0.25) is 9.69 Å². The first-order valence-corrected chi connectivity index (χ1v) is 8.76. The van der Waals surface area contributed by atoms with Gasteiger partial charge in [0.2, 0.25) is 5.91 Å². The zero-order chi connectivity index (χ0) is 15.4. The summed E-state index contributed by atoms with van der Waals surface area (Å²) >= 11 is 0. The van der Waals surface area contributed by atoms with Crippen LogP contribution in [0.3, 0.4) is 0 Å². The minimum absolute atomic E-state index is 0.194. The molecule has 1 amide bonds. The predicted molar refractivity (Wildman–Crippen MR) is 87.0 cm³/mol. The van der Waals surface area contributed by atoms with E-state index in [0.29, 0.717) is 30.7 Å². The molecule has 0 radical (unpaired) electrons. The number of nitrogens with two attached hydrogens (primary N) is 1. The average Bonchev–Trinajstić information content (AvgIpc) is 2.61. The summed E-state index contributed by atoms with van der Waals surface area (Å²) in [6.45, 7) is 7.19. The fourth-order valence-corrected chi connectivity index (χ4v) is 3.97. The minimum atomic E-state index is 0.194. The summed E-state index contributed by atoms with van der Waals surface area (Å²) < 4.78 is 0. The van der Waals surface area contributed by atoms with Gasteiger partial charge in [-0.2, -0.15) is 0 Å². The van der Waals surface area contributed by atoms with Gasteiger partial charge >= 0.3 is 0 Å². The fraction of sp³-hybridized carbons (Fsp3) is 0.941. The summed E-state index contributed by atoms with van der Waals surface area (Å²) in [6, 6.07) is 1.72. The van der Waals surface area contributed by atoms with Gasteiger partial charge in [0.1, 0.15) is 0 Å². The fourth-order valence-electron chi connectivity index (χ4n) is 3.97. The Hall–Kier alpha value is -0.610. The van der Waals surface area contributed by atoms with Crippen molar-refractivity contribution in [2.45, 2.75) is 89.9 Å². The molecule has 0 spiro atoms. The van der Waals surface area contributed by atoms with Crippen molar-refractivity contribution in [3.63, 3.8) is 0 Å². The van der Waals surface area contributed by atoms with Crippen molar-refractivity contribution in [2.24, 2.45) is 11.7 Å². The lowest BCUT2D eigenvalue weighted by Gasteiger charge is -2.37. The molecule has 0 aromatic carbocycles. The Bertz CT molecular complexity index is 331. The first kappa shape index (κ1) is 16.8. The van der Waals surface area contributed by atoms with Crippen LogP contribution in [0.5, 0.6) is 0 Å². The first-order chi connectivity index (χ1) is 9.95. The molecule has 0 aromatic heterocycles. The zero-order valence-electron chi connectivity index (χ0n) is 14.0. The molecule has 4 nitrogen and oxygen atoms in total. The van der Waals surface area contributed by atoms with Crippen LogP contribution in [0, 0.1) is 5.92 Å². The van der Waals surface area contributed by atoms with Gasteiger partial charge in [0.05, 0.1) is 6.54 Å². The van der Waals surface area contributed by atoms with Crippen molar-refractivity contribution in [2.75, 3.05) is 6.54 Å². The van der Waals surface area contributed by atoms with Crippen LogP contribution in [0.2, 0.25) is 0 Å². The number of hydrogen-bond acceptors (Lipinski definition) is 3. The van der Waals surface area contributed by atoms with Crippen LogP contribution in [0.4, 0.5) is 0 Å². The van der Waals surface area contributed by atoms with Crippen molar-refractivity contribution in [1.29, 1.82) is 0 Å². The van der Waals surface area contributed by atoms with Gasteiger partial charge in [0, 0.05) is 24.2 Å². The maximum atomic E-state index is 12.2. The molecular weight excluding hydrogens is 262 g/mol. The quantitative estimate of drug-likeness (QED) is 0.757. The van der Waals surface area contributed by atoms with Gasteiger partial charge in [-0.1, -0.05) is 26.7 Å². The Morgan fingerprint density at radius 2 is 1.81 bits per heavy atom. The van der Waals surface area contributed by atoms with Crippen LogP contribution < -0.4 is 11.1 Å². The molecule has 122 valence electrons. The molecule has 0 aliphatic carbocycles. The highest BCUT2D eigenvalue weighted by Gasteiger charge is 2.40. The van der Waals surface area contributed by atoms with E-state index in [9.17, 15) is 4.79 Å². The van der Waals surface area contributed by atoms with Gasteiger partial charge in [0.15, 0.2) is 0 Å². The van der Waals surface area contributed by atoms with E-state index in [4.69, 9.17) is 5.73 Å². The molecule has 2 aliphatic rings. The van der Waals surface area contributed by atoms with E-state index in [0.717, 1.165) is 25.2 Å². The van der Waals surface area contributed by atoms with Crippen LogP contribution >= 0.6 is 0 Å². The van der Waals surface area contributed by atoms with Gasteiger partial charge in [0.25, 0.3) is 0 Å². The van der Waals surface area contributed by atoms with E-state index in [-0.39, 0.29) is 5.91 Å². The Labute approximate surface area is 129 Å². The maximum Gasteiger partial charge on any atom is 0.234 e. The predicted octanol–water partition coefficient (Wildman–Crippen LogP) is 2.27. The Kier molecular flexibility index (Phi) is 6.06. The SMILES string of the molecule is CC(C)CCCC(C)NC(=O)CN1C2CCC1CC(N)C2. The third kappa shape index (κ3) is 4.96. The zero-order valence-corrected chi connectivity index (χ0v) is 14.0. The van der Waals surface area contributed by atoms with E-state index in [2.05, 4.69) is 31.0 Å². The highest BCUT2D eigenvalue weighted by molar-refractivity contribution is 5.78. The molecule has 3 atom stereocenters. The van der Waals surface area contributed by atoms with Crippen molar-refractivity contribution in [3.05, 3.63) is 0 Å². The smallest absolute Gasteiger partial charge is 0.234 e. The lowest BCUT2D eigenvalue weighted by molar-refractivity contribution is -0.124. The lowest BCUT2D eigenvalue weighted by atomic mass is 9.98. The minimum Gasteiger partial charge on any atom is -0.353 e. The molecule has 2 bridgehead atoms. The number of piperidine rings is 1. The van der Waals surface area contributed by atoms with E-state index < -0.39 is 0 Å². The second-order valence-electron chi connectivity index (χ2n) is 7.58. The Balaban J connectivity index is 1.70. The number of carbonyl (C=O) groups excluding carboxylic acids is 1. The molecular formula is C17H33N3O. The number of carbonyl (C=O) groups is 1. The number of fused-ring (bicyclic) bond motifs is 2. The highest BCUT2D eigenvalue weighted by Crippen LogP contribution is 2.34. The number of rotatable bonds is 7. The molecule has 0 saturated carbocycles. The number of hydrogen-bond donors (Lipinski definition) is 2. The molecule has 2 heterocycles. The van der Waals surface area contributed by atoms with Crippen LogP contribution in [-0.4, -0.2) is 41.5 Å². The second kappa shape index (κ2) is 7.59. The van der Waals surface area contributed by atoms with E-state index in [1.54, 1.807) is 0 Å². The monoisotopic (exact) mass is 295 g/mol. The molecule has 2 rings (SSSR count). The van der Waals surface area contributed by atoms with Gasteiger partial charge in [-0.05, 0) is 44.9 Å². The number of nitrogens with zero attached hydrogens (tertiary/aromatic N) is 1. The normalized spacial score (nSPS) is 30.6. The summed E-state index contributed by atoms with van der Waals surface area (Å²) in [4.78, 5) is 14.6. The lowest BCUT2D eigenvalue weighted by Crippen LogP contribution is -2.51. The van der Waals surface area contributed by atoms with E-state index >= 15 is 0 Å². The Morgan fingerprint density at radius 3 is 2.38 bits per heavy atom. The van der Waals surface area contributed by atoms with Crippen LogP contribution in [-0.2, 0) is 4.79 Å². The third-order valence-corrected chi connectivity index (χ3v) is 5.07. The van der Waals surface area contributed by atoms with Crippen LogP contribution in [0.25, 0.3) is 0 Å². The van der Waals surface area contributed by atoms with Crippen molar-refractivity contribution in [3.8, 4) is 0 Å². The molecule has 3 unspecified atom stereocenters. The molecule has 4 heteroatoms. The third-order valence-electron chi connectivity index (χ3n) is 5.07. The molecule has 21 heavy (non-hydrogen) atoms. The number of amides is 1. The first-order valence-electron chi connectivity index (χ1n) is 8.76. The largest absolute Gasteiger partial charge is 0.353 e. The summed E-state index contributed by atoms with van der Waals surface area (Å²) in [5, 5.41) is 3.17. The Morgan fingerprint density at radius 1 is 1.19 bits per heavy atom. The topological polar surface area (TPSA) is 58.4 Å². The standard InChI is InChI=1S/C17H33N3O/c1-12(2)5-4-6-13(3)19-17(21)11-20-15-7-8-16(20)10-14(18)9-15/h12-16H,4-11,18H2,1-3H3,(H,19,21). The molecule has 0 aromatic rings. The van der Waals surface area contributed by atoms with Gasteiger partial charge < -0.3 is 11.1 Å². The van der Waals surface area contributed by atoms with Crippen LogP contribution in [0.15, 0.2) is 0 Å². The maximum absolute atomic E-state index is 12.2. The van der Waals surface area contributed by atoms with Gasteiger partial charge in [-0.25, -0.2) is 0 Å². The van der Waals surface area contributed by atoms with Gasteiger partial charge in [-0.15, -0.1) is 0 Å². The van der Waals surface area contributed by atoms with Crippen molar-refractivity contribution >= 4 is 5.91 Å². The van der Waals surface area contributed by atoms with E-state index in [1.165, 1.54) is 25.7 Å². The summed E-state index contributed by atoms with van der Waals surface area (Å²) in [7, 11) is 0. The second-order valence-corrected chi connectivity index (χ2v) is 7.58.